The molecule has 1 N–H and O–H groups in total. The summed E-state index contributed by atoms with van der Waals surface area (Å²) in [6.45, 7) is 0. The van der Waals surface area contributed by atoms with Crippen LogP contribution in [0.1, 0.15) is 29.3 Å². The van der Waals surface area contributed by atoms with E-state index < -0.39 is 11.5 Å². The predicted octanol–water partition coefficient (Wildman–Crippen LogP) is 2.15. The maximum Gasteiger partial charge on any atom is 0.114 e. The van der Waals surface area contributed by atoms with E-state index in [1.807, 2.05) is 19.2 Å². The van der Waals surface area contributed by atoms with Crippen LogP contribution in [0.25, 0.3) is 0 Å². The van der Waals surface area contributed by atoms with E-state index in [1.54, 1.807) is 17.1 Å². The van der Waals surface area contributed by atoms with Gasteiger partial charge in [-0.1, -0.05) is 24.3 Å². The summed E-state index contributed by atoms with van der Waals surface area (Å²) in [4.78, 5) is 4.04. The van der Waals surface area contributed by atoms with E-state index in [-0.39, 0.29) is 0 Å². The topological polar surface area (TPSA) is 61.8 Å². The molecule has 0 amide bonds. The van der Waals surface area contributed by atoms with Crippen LogP contribution < -0.4 is 0 Å². The molecule has 3 rings (SSSR count). The smallest absolute Gasteiger partial charge is 0.114 e. The Hall–Kier alpha value is -2.12. The maximum absolute atomic E-state index is 10.7. The highest BCUT2D eigenvalue weighted by Gasteiger charge is 2.43. The maximum atomic E-state index is 10.7. The van der Waals surface area contributed by atoms with E-state index in [1.165, 1.54) is 11.1 Å². The molecule has 0 fully saturated rings. The molecule has 0 aliphatic heterocycles. The molecule has 0 saturated carbocycles. The standard InChI is InChI=1S/C16H17N3O/c1-19-11-18-9-14(19)15(20)16(10-17)7-6-12-4-2-3-5-13(12)8-16/h2-5,9,11,15,20H,6-8H2,1H3. The van der Waals surface area contributed by atoms with Gasteiger partial charge in [0, 0.05) is 7.05 Å². The van der Waals surface area contributed by atoms with Gasteiger partial charge in [0.05, 0.1) is 29.7 Å². The van der Waals surface area contributed by atoms with Gasteiger partial charge in [0.25, 0.3) is 0 Å². The number of fused-ring (bicyclic) bond motifs is 1. The predicted molar refractivity (Wildman–Crippen MR) is 74.7 cm³/mol. The number of nitrogens with zero attached hydrogens (tertiary/aromatic N) is 3. The Morgan fingerprint density at radius 2 is 2.15 bits per heavy atom. The first-order valence-electron chi connectivity index (χ1n) is 6.78. The Balaban J connectivity index is 1.99. The summed E-state index contributed by atoms with van der Waals surface area (Å²) in [5.41, 5.74) is 2.39. The third-order valence-electron chi connectivity index (χ3n) is 4.34. The van der Waals surface area contributed by atoms with Crippen LogP contribution in [0.15, 0.2) is 36.8 Å². The monoisotopic (exact) mass is 267 g/mol. The van der Waals surface area contributed by atoms with Gasteiger partial charge in [0.15, 0.2) is 0 Å². The minimum atomic E-state index is -0.812. The summed E-state index contributed by atoms with van der Waals surface area (Å²) in [6.07, 6.45) is 4.58. The normalized spacial score (nSPS) is 22.9. The largest absolute Gasteiger partial charge is 0.385 e. The number of nitriles is 1. The molecule has 1 heterocycles. The van der Waals surface area contributed by atoms with Crippen molar-refractivity contribution in [2.45, 2.75) is 25.4 Å². The van der Waals surface area contributed by atoms with Crippen molar-refractivity contribution in [1.82, 2.24) is 9.55 Å². The van der Waals surface area contributed by atoms with Gasteiger partial charge in [0.2, 0.25) is 0 Å². The van der Waals surface area contributed by atoms with Gasteiger partial charge < -0.3 is 9.67 Å². The van der Waals surface area contributed by atoms with Gasteiger partial charge in [-0.3, -0.25) is 0 Å². The molecule has 102 valence electrons. The van der Waals surface area contributed by atoms with E-state index in [0.717, 1.165) is 6.42 Å². The zero-order valence-electron chi connectivity index (χ0n) is 11.5. The average Bonchev–Trinajstić information content (AvgIpc) is 2.92. The molecular weight excluding hydrogens is 250 g/mol. The van der Waals surface area contributed by atoms with Crippen molar-refractivity contribution in [3.05, 3.63) is 53.6 Å². The lowest BCUT2D eigenvalue weighted by atomic mass is 9.68. The van der Waals surface area contributed by atoms with Gasteiger partial charge in [0.1, 0.15) is 6.10 Å². The van der Waals surface area contributed by atoms with E-state index in [4.69, 9.17) is 0 Å². The van der Waals surface area contributed by atoms with E-state index in [0.29, 0.717) is 18.5 Å². The molecule has 1 aliphatic rings. The molecular formula is C16H17N3O. The SMILES string of the molecule is Cn1cncc1C(O)C1(C#N)CCc2ccccc2C1. The summed E-state index contributed by atoms with van der Waals surface area (Å²) in [5, 5.41) is 20.4. The molecule has 20 heavy (non-hydrogen) atoms. The second-order valence-electron chi connectivity index (χ2n) is 5.55. The average molecular weight is 267 g/mol. The molecule has 1 aromatic carbocycles. The highest BCUT2D eigenvalue weighted by atomic mass is 16.3. The second kappa shape index (κ2) is 4.77. The van der Waals surface area contributed by atoms with Crippen LogP contribution in [-0.4, -0.2) is 14.7 Å². The van der Waals surface area contributed by atoms with Crippen LogP contribution in [0.2, 0.25) is 0 Å². The Kier molecular flexibility index (Phi) is 3.07. The van der Waals surface area contributed by atoms with E-state index in [2.05, 4.69) is 23.2 Å². The number of imidazole rings is 1. The van der Waals surface area contributed by atoms with E-state index >= 15 is 0 Å². The van der Waals surface area contributed by atoms with Crippen LogP contribution in [0.3, 0.4) is 0 Å². The first-order chi connectivity index (χ1) is 9.66. The number of aromatic nitrogens is 2. The van der Waals surface area contributed by atoms with Crippen LogP contribution in [0.5, 0.6) is 0 Å². The molecule has 0 bridgehead atoms. The van der Waals surface area contributed by atoms with Crippen LogP contribution in [-0.2, 0) is 19.9 Å². The molecule has 4 nitrogen and oxygen atoms in total. The lowest BCUT2D eigenvalue weighted by molar-refractivity contribution is 0.0468. The van der Waals surface area contributed by atoms with E-state index in [9.17, 15) is 10.4 Å². The first-order valence-corrected chi connectivity index (χ1v) is 6.78. The van der Waals surface area contributed by atoms with Crippen molar-refractivity contribution >= 4 is 0 Å². The number of aryl methyl sites for hydroxylation is 2. The minimum absolute atomic E-state index is 0.589. The highest BCUT2D eigenvalue weighted by Crippen LogP contribution is 2.44. The lowest BCUT2D eigenvalue weighted by Crippen LogP contribution is -2.34. The van der Waals surface area contributed by atoms with Gasteiger partial charge in [-0.25, -0.2) is 4.98 Å². The number of benzene rings is 1. The third-order valence-corrected chi connectivity index (χ3v) is 4.34. The van der Waals surface area contributed by atoms with Crippen molar-refractivity contribution < 1.29 is 5.11 Å². The zero-order chi connectivity index (χ0) is 14.2. The quantitative estimate of drug-likeness (QED) is 0.907. The molecule has 2 atom stereocenters. The summed E-state index contributed by atoms with van der Waals surface area (Å²) < 4.78 is 1.78. The van der Waals surface area contributed by atoms with Crippen LogP contribution >= 0.6 is 0 Å². The molecule has 2 unspecified atom stereocenters. The van der Waals surface area contributed by atoms with Crippen LogP contribution in [0.4, 0.5) is 0 Å². The summed E-state index contributed by atoms with van der Waals surface area (Å²) in [5.74, 6) is 0. The number of hydrogen-bond acceptors (Lipinski definition) is 3. The fourth-order valence-corrected chi connectivity index (χ4v) is 3.06. The van der Waals surface area contributed by atoms with Gasteiger partial charge in [-0.15, -0.1) is 0 Å². The lowest BCUT2D eigenvalue weighted by Gasteiger charge is -2.36. The number of rotatable bonds is 2. The molecule has 2 aromatic rings. The number of aliphatic hydroxyl groups excluding tert-OH is 1. The fraction of sp³-hybridized carbons (Fsp3) is 0.375. The fourth-order valence-electron chi connectivity index (χ4n) is 3.06. The molecule has 4 heteroatoms. The molecule has 1 aromatic heterocycles. The Bertz CT molecular complexity index is 670. The summed E-state index contributed by atoms with van der Waals surface area (Å²) in [7, 11) is 1.84. The first kappa shape index (κ1) is 12.9. The zero-order valence-corrected chi connectivity index (χ0v) is 11.5. The Labute approximate surface area is 118 Å². The number of hydrogen-bond donors (Lipinski definition) is 1. The molecule has 1 aliphatic carbocycles. The molecule has 0 radical (unpaired) electrons. The van der Waals surface area contributed by atoms with Crippen molar-refractivity contribution in [1.29, 1.82) is 5.26 Å². The van der Waals surface area contributed by atoms with Crippen molar-refractivity contribution in [2.24, 2.45) is 12.5 Å². The van der Waals surface area contributed by atoms with Gasteiger partial charge >= 0.3 is 0 Å². The number of aliphatic hydroxyl groups is 1. The van der Waals surface area contributed by atoms with Crippen molar-refractivity contribution in [3.63, 3.8) is 0 Å². The van der Waals surface area contributed by atoms with Crippen molar-refractivity contribution in [2.75, 3.05) is 0 Å². The molecule has 0 saturated heterocycles. The Morgan fingerprint density at radius 1 is 1.40 bits per heavy atom. The van der Waals surface area contributed by atoms with Gasteiger partial charge in [-0.05, 0) is 30.4 Å². The second-order valence-corrected chi connectivity index (χ2v) is 5.55. The third kappa shape index (κ3) is 1.91. The summed E-state index contributed by atoms with van der Waals surface area (Å²) >= 11 is 0. The van der Waals surface area contributed by atoms with Gasteiger partial charge in [-0.2, -0.15) is 5.26 Å². The molecule has 0 spiro atoms. The highest BCUT2D eigenvalue weighted by molar-refractivity contribution is 5.34. The van der Waals surface area contributed by atoms with Crippen molar-refractivity contribution in [3.8, 4) is 6.07 Å². The summed E-state index contributed by atoms with van der Waals surface area (Å²) in [6, 6.07) is 10.6. The minimum Gasteiger partial charge on any atom is -0.385 e. The van der Waals surface area contributed by atoms with Crippen LogP contribution in [0, 0.1) is 16.7 Å². The Morgan fingerprint density at radius 3 is 2.80 bits per heavy atom.